The number of nitrogens with one attached hydrogen (secondary N) is 2. The fraction of sp³-hybridized carbons (Fsp3) is 0.250. The lowest BCUT2D eigenvalue weighted by molar-refractivity contribution is -0.115. The van der Waals surface area contributed by atoms with Crippen LogP contribution in [0.25, 0.3) is 10.1 Å². The van der Waals surface area contributed by atoms with Crippen molar-refractivity contribution in [2.24, 2.45) is 0 Å². The fourth-order valence-electron chi connectivity index (χ4n) is 1.49. The number of amides is 1. The Balaban J connectivity index is 2.06. The van der Waals surface area contributed by atoms with Gasteiger partial charge in [0.05, 0.1) is 6.54 Å². The molecule has 0 spiro atoms. The van der Waals surface area contributed by atoms with Gasteiger partial charge in [-0.25, -0.2) is 0 Å². The number of likely N-dealkylation sites (N-methyl/N-ethyl adjacent to an activating group) is 1. The molecule has 4 heteroatoms. The summed E-state index contributed by atoms with van der Waals surface area (Å²) >= 11 is 1.70. The van der Waals surface area contributed by atoms with E-state index in [1.807, 2.05) is 25.1 Å². The molecule has 16 heavy (non-hydrogen) atoms. The molecule has 84 valence electrons. The first-order valence-electron chi connectivity index (χ1n) is 5.27. The summed E-state index contributed by atoms with van der Waals surface area (Å²) < 4.78 is 1.24. The maximum Gasteiger partial charge on any atom is 0.238 e. The molecule has 2 aromatic rings. The zero-order valence-electron chi connectivity index (χ0n) is 9.12. The van der Waals surface area contributed by atoms with E-state index in [-0.39, 0.29) is 5.91 Å². The monoisotopic (exact) mass is 234 g/mol. The van der Waals surface area contributed by atoms with E-state index in [9.17, 15) is 4.79 Å². The zero-order valence-corrected chi connectivity index (χ0v) is 9.93. The van der Waals surface area contributed by atoms with Crippen LogP contribution in [0, 0.1) is 0 Å². The van der Waals surface area contributed by atoms with Crippen molar-refractivity contribution in [1.29, 1.82) is 0 Å². The smallest absolute Gasteiger partial charge is 0.238 e. The van der Waals surface area contributed by atoms with E-state index in [1.54, 1.807) is 11.3 Å². The van der Waals surface area contributed by atoms with Crippen LogP contribution in [0.1, 0.15) is 6.92 Å². The van der Waals surface area contributed by atoms with Crippen molar-refractivity contribution in [1.82, 2.24) is 5.32 Å². The molecular weight excluding hydrogens is 220 g/mol. The summed E-state index contributed by atoms with van der Waals surface area (Å²) in [6.07, 6.45) is 0. The maximum atomic E-state index is 11.5. The van der Waals surface area contributed by atoms with Crippen LogP contribution in [-0.2, 0) is 4.79 Å². The van der Waals surface area contributed by atoms with Crippen LogP contribution in [0.4, 0.5) is 5.69 Å². The van der Waals surface area contributed by atoms with E-state index in [1.165, 1.54) is 10.1 Å². The van der Waals surface area contributed by atoms with Crippen LogP contribution >= 0.6 is 11.3 Å². The molecule has 0 atom stereocenters. The minimum Gasteiger partial charge on any atom is -0.325 e. The maximum absolute atomic E-state index is 11.5. The molecule has 2 N–H and O–H groups in total. The van der Waals surface area contributed by atoms with Gasteiger partial charge in [0.15, 0.2) is 0 Å². The van der Waals surface area contributed by atoms with Gasteiger partial charge in [0.25, 0.3) is 0 Å². The molecule has 1 aromatic heterocycles. The summed E-state index contributed by atoms with van der Waals surface area (Å²) in [5.41, 5.74) is 0.855. The molecule has 0 saturated carbocycles. The number of anilines is 1. The van der Waals surface area contributed by atoms with Crippen molar-refractivity contribution < 1.29 is 4.79 Å². The number of carbonyl (C=O) groups excluding carboxylic acids is 1. The number of carbonyl (C=O) groups is 1. The Morgan fingerprint density at radius 2 is 2.25 bits per heavy atom. The van der Waals surface area contributed by atoms with E-state index >= 15 is 0 Å². The van der Waals surface area contributed by atoms with E-state index in [0.29, 0.717) is 6.54 Å². The molecule has 0 radical (unpaired) electrons. The molecule has 0 bridgehead atoms. The summed E-state index contributed by atoms with van der Waals surface area (Å²) in [6.45, 7) is 3.14. The second-order valence-corrected chi connectivity index (χ2v) is 4.45. The predicted octanol–water partition coefficient (Wildman–Crippen LogP) is 2.45. The van der Waals surface area contributed by atoms with Gasteiger partial charge in [-0.15, -0.1) is 11.3 Å². The van der Waals surface area contributed by atoms with Crippen LogP contribution in [0.2, 0.25) is 0 Å². The number of hydrogen-bond donors (Lipinski definition) is 2. The van der Waals surface area contributed by atoms with Crippen molar-refractivity contribution in [2.75, 3.05) is 18.4 Å². The van der Waals surface area contributed by atoms with E-state index < -0.39 is 0 Å². The van der Waals surface area contributed by atoms with Crippen molar-refractivity contribution in [3.8, 4) is 0 Å². The first-order chi connectivity index (χ1) is 7.79. The molecule has 2 rings (SSSR count). The molecule has 0 aliphatic heterocycles. The van der Waals surface area contributed by atoms with Gasteiger partial charge in [0.1, 0.15) is 0 Å². The van der Waals surface area contributed by atoms with Crippen molar-refractivity contribution in [2.45, 2.75) is 6.92 Å². The zero-order chi connectivity index (χ0) is 11.4. The van der Waals surface area contributed by atoms with E-state index in [2.05, 4.69) is 22.1 Å². The first-order valence-corrected chi connectivity index (χ1v) is 6.15. The van der Waals surface area contributed by atoms with Crippen LogP contribution < -0.4 is 10.6 Å². The Labute approximate surface area is 98.5 Å². The fourth-order valence-corrected chi connectivity index (χ4v) is 2.26. The van der Waals surface area contributed by atoms with Crippen LogP contribution in [0.5, 0.6) is 0 Å². The predicted molar refractivity (Wildman–Crippen MR) is 69.0 cm³/mol. The van der Waals surface area contributed by atoms with Crippen molar-refractivity contribution in [3.05, 3.63) is 29.6 Å². The molecule has 0 fully saturated rings. The minimum atomic E-state index is -0.00331. The molecule has 0 aliphatic rings. The second kappa shape index (κ2) is 5.09. The number of fused-ring (bicyclic) bond motifs is 1. The third kappa shape index (κ3) is 2.59. The van der Waals surface area contributed by atoms with Gasteiger partial charge in [-0.05, 0) is 41.6 Å². The minimum absolute atomic E-state index is 0.00331. The van der Waals surface area contributed by atoms with Crippen molar-refractivity contribution >= 4 is 33.0 Å². The van der Waals surface area contributed by atoms with E-state index in [0.717, 1.165) is 12.2 Å². The highest BCUT2D eigenvalue weighted by molar-refractivity contribution is 7.17. The molecule has 0 unspecified atom stereocenters. The first kappa shape index (κ1) is 11.1. The summed E-state index contributed by atoms with van der Waals surface area (Å²) in [5.74, 6) is -0.00331. The van der Waals surface area contributed by atoms with Gasteiger partial charge < -0.3 is 10.6 Å². The average molecular weight is 234 g/mol. The summed E-state index contributed by atoms with van der Waals surface area (Å²) in [6, 6.07) is 8.02. The Bertz CT molecular complexity index is 492. The number of hydrogen-bond acceptors (Lipinski definition) is 3. The number of thiophene rings is 1. The Morgan fingerprint density at radius 1 is 1.38 bits per heavy atom. The molecule has 1 aromatic carbocycles. The van der Waals surface area contributed by atoms with Crippen LogP contribution in [-0.4, -0.2) is 19.0 Å². The normalized spacial score (nSPS) is 10.6. The van der Waals surface area contributed by atoms with Gasteiger partial charge in [-0.2, -0.15) is 0 Å². The lowest BCUT2D eigenvalue weighted by Crippen LogP contribution is -2.27. The van der Waals surface area contributed by atoms with Crippen LogP contribution in [0.15, 0.2) is 29.6 Å². The van der Waals surface area contributed by atoms with Gasteiger partial charge in [0.2, 0.25) is 5.91 Å². The molecule has 0 saturated heterocycles. The highest BCUT2D eigenvalue weighted by atomic mass is 32.1. The molecule has 3 nitrogen and oxygen atoms in total. The number of rotatable bonds is 4. The quantitative estimate of drug-likeness (QED) is 0.853. The van der Waals surface area contributed by atoms with Gasteiger partial charge in [-0.1, -0.05) is 6.92 Å². The van der Waals surface area contributed by atoms with Crippen LogP contribution in [0.3, 0.4) is 0 Å². The lowest BCUT2D eigenvalue weighted by atomic mass is 10.2. The van der Waals surface area contributed by atoms with Crippen molar-refractivity contribution in [3.63, 3.8) is 0 Å². The summed E-state index contributed by atoms with van der Waals surface area (Å²) in [5, 5.41) is 9.08. The second-order valence-electron chi connectivity index (χ2n) is 3.50. The Hall–Kier alpha value is -1.39. The topological polar surface area (TPSA) is 41.1 Å². The van der Waals surface area contributed by atoms with Gasteiger partial charge >= 0.3 is 0 Å². The highest BCUT2D eigenvalue weighted by Gasteiger charge is 2.02. The molecule has 1 amide bonds. The summed E-state index contributed by atoms with van der Waals surface area (Å²) in [4.78, 5) is 11.5. The summed E-state index contributed by atoms with van der Waals surface area (Å²) in [7, 11) is 0. The SMILES string of the molecule is CCNCC(=O)Nc1ccc2sccc2c1. The Kier molecular flexibility index (Phi) is 3.54. The Morgan fingerprint density at radius 3 is 3.06 bits per heavy atom. The largest absolute Gasteiger partial charge is 0.325 e. The van der Waals surface area contributed by atoms with E-state index in [4.69, 9.17) is 0 Å². The standard InChI is InChI=1S/C12H14N2OS/c1-2-13-8-12(15)14-10-3-4-11-9(7-10)5-6-16-11/h3-7,13H,2,8H2,1H3,(H,14,15). The third-order valence-electron chi connectivity index (χ3n) is 2.27. The molecule has 0 aliphatic carbocycles. The highest BCUT2D eigenvalue weighted by Crippen LogP contribution is 2.23. The molecular formula is C12H14N2OS. The average Bonchev–Trinajstić information content (AvgIpc) is 2.73. The third-order valence-corrected chi connectivity index (χ3v) is 3.17. The van der Waals surface area contributed by atoms with Gasteiger partial charge in [0, 0.05) is 10.4 Å². The molecule has 1 heterocycles. The van der Waals surface area contributed by atoms with Gasteiger partial charge in [-0.3, -0.25) is 4.79 Å². The number of benzene rings is 1. The lowest BCUT2D eigenvalue weighted by Gasteiger charge is -2.05.